The zero-order valence-electron chi connectivity index (χ0n) is 9.06. The predicted molar refractivity (Wildman–Crippen MR) is 65.0 cm³/mol. The number of nitrogens with zero attached hydrogens (tertiary/aromatic N) is 6. The number of thiazole rings is 1. The van der Waals surface area contributed by atoms with Crippen molar-refractivity contribution in [3.63, 3.8) is 0 Å². The Kier molecular flexibility index (Phi) is 2.55. The Labute approximate surface area is 106 Å². The Morgan fingerprint density at radius 1 is 1.33 bits per heavy atom. The van der Waals surface area contributed by atoms with Gasteiger partial charge >= 0.3 is 0 Å². The summed E-state index contributed by atoms with van der Waals surface area (Å²) >= 11 is 1.43. The summed E-state index contributed by atoms with van der Waals surface area (Å²) in [5, 5.41) is 19.4. The van der Waals surface area contributed by atoms with E-state index in [1.807, 2.05) is 17.5 Å². The summed E-state index contributed by atoms with van der Waals surface area (Å²) in [6.07, 6.45) is 5.03. The van der Waals surface area contributed by atoms with Crippen molar-refractivity contribution in [1.29, 1.82) is 5.26 Å². The molecule has 0 aliphatic rings. The highest BCUT2D eigenvalue weighted by molar-refractivity contribution is 7.12. The second kappa shape index (κ2) is 4.35. The van der Waals surface area contributed by atoms with Crippen molar-refractivity contribution in [1.82, 2.24) is 25.0 Å². The maximum absolute atomic E-state index is 9.09. The van der Waals surface area contributed by atoms with E-state index in [9.17, 15) is 0 Å². The van der Waals surface area contributed by atoms with Crippen LogP contribution in [0.2, 0.25) is 0 Å². The molecule has 18 heavy (non-hydrogen) atoms. The summed E-state index contributed by atoms with van der Waals surface area (Å²) in [5.41, 5.74) is 1.66. The quantitative estimate of drug-likeness (QED) is 0.694. The average Bonchev–Trinajstić information content (AvgIpc) is 3.08. The predicted octanol–water partition coefficient (Wildman–Crippen LogP) is 1.66. The van der Waals surface area contributed by atoms with E-state index in [4.69, 9.17) is 5.26 Å². The number of rotatable bonds is 2. The van der Waals surface area contributed by atoms with Gasteiger partial charge in [-0.05, 0) is 12.1 Å². The SMILES string of the molecule is N#Cc1nnn(-c2nccs2)c1-c1cccnc1. The Morgan fingerprint density at radius 3 is 2.94 bits per heavy atom. The molecule has 0 saturated heterocycles. The van der Waals surface area contributed by atoms with Crippen LogP contribution in [0.5, 0.6) is 0 Å². The third kappa shape index (κ3) is 1.65. The van der Waals surface area contributed by atoms with Gasteiger partial charge in [0.15, 0.2) is 5.69 Å². The normalized spacial score (nSPS) is 10.2. The van der Waals surface area contributed by atoms with E-state index in [1.165, 1.54) is 11.3 Å². The van der Waals surface area contributed by atoms with E-state index >= 15 is 0 Å². The van der Waals surface area contributed by atoms with Gasteiger partial charge < -0.3 is 0 Å². The number of aromatic nitrogens is 5. The lowest BCUT2D eigenvalue weighted by molar-refractivity contribution is 0.800. The van der Waals surface area contributed by atoms with Gasteiger partial charge in [-0.2, -0.15) is 9.94 Å². The van der Waals surface area contributed by atoms with Gasteiger partial charge in [0.25, 0.3) is 0 Å². The average molecular weight is 254 g/mol. The van der Waals surface area contributed by atoms with E-state index < -0.39 is 0 Å². The molecule has 0 aromatic carbocycles. The fourth-order valence-corrected chi connectivity index (χ4v) is 2.17. The summed E-state index contributed by atoms with van der Waals surface area (Å²) in [6, 6.07) is 5.69. The molecule has 3 aromatic heterocycles. The van der Waals surface area contributed by atoms with Crippen molar-refractivity contribution in [2.75, 3.05) is 0 Å². The van der Waals surface area contributed by atoms with Crippen molar-refractivity contribution in [3.8, 4) is 22.5 Å². The fourth-order valence-electron chi connectivity index (χ4n) is 1.57. The molecule has 0 saturated carbocycles. The van der Waals surface area contributed by atoms with Crippen molar-refractivity contribution in [2.24, 2.45) is 0 Å². The molecule has 0 atom stereocenters. The molecule has 3 heterocycles. The first-order valence-electron chi connectivity index (χ1n) is 5.06. The first kappa shape index (κ1) is 10.6. The smallest absolute Gasteiger partial charge is 0.212 e. The summed E-state index contributed by atoms with van der Waals surface area (Å²) in [5.74, 6) is 0. The standard InChI is InChI=1S/C11H6N6S/c12-6-9-10(8-2-1-3-13-7-8)17(16-15-9)11-14-4-5-18-11/h1-5,7H. The Bertz CT molecular complexity index is 695. The zero-order chi connectivity index (χ0) is 12.4. The lowest BCUT2D eigenvalue weighted by atomic mass is 10.2. The molecule has 0 unspecified atom stereocenters. The maximum atomic E-state index is 9.09. The van der Waals surface area contributed by atoms with Crippen molar-refractivity contribution >= 4 is 11.3 Å². The Morgan fingerprint density at radius 2 is 2.28 bits per heavy atom. The third-order valence-electron chi connectivity index (χ3n) is 2.31. The highest BCUT2D eigenvalue weighted by Crippen LogP contribution is 2.24. The van der Waals surface area contributed by atoms with Crippen LogP contribution in [0, 0.1) is 11.3 Å². The molecule has 86 valence electrons. The highest BCUT2D eigenvalue weighted by atomic mass is 32.1. The molecule has 0 amide bonds. The van der Waals surface area contributed by atoms with E-state index in [0.29, 0.717) is 10.8 Å². The minimum absolute atomic E-state index is 0.262. The van der Waals surface area contributed by atoms with Gasteiger partial charge in [0.05, 0.1) is 0 Å². The molecule has 0 N–H and O–H groups in total. The largest absolute Gasteiger partial charge is 0.264 e. The summed E-state index contributed by atoms with van der Waals surface area (Å²) in [6.45, 7) is 0. The van der Waals surface area contributed by atoms with E-state index in [1.54, 1.807) is 29.3 Å². The Balaban J connectivity index is 2.25. The van der Waals surface area contributed by atoms with Gasteiger partial charge in [0.1, 0.15) is 11.8 Å². The van der Waals surface area contributed by atoms with Crippen LogP contribution in [0.1, 0.15) is 5.69 Å². The van der Waals surface area contributed by atoms with Crippen molar-refractivity contribution in [3.05, 3.63) is 41.8 Å². The molecule has 0 bridgehead atoms. The first-order valence-corrected chi connectivity index (χ1v) is 5.94. The molecule has 0 spiro atoms. The van der Waals surface area contributed by atoms with Crippen LogP contribution < -0.4 is 0 Å². The zero-order valence-corrected chi connectivity index (χ0v) is 9.87. The molecule has 0 aliphatic heterocycles. The van der Waals surface area contributed by atoms with Crippen LogP contribution >= 0.6 is 11.3 Å². The molecule has 3 aromatic rings. The van der Waals surface area contributed by atoms with Gasteiger partial charge in [0, 0.05) is 29.5 Å². The minimum atomic E-state index is 0.262. The maximum Gasteiger partial charge on any atom is 0.212 e. The monoisotopic (exact) mass is 254 g/mol. The second-order valence-corrected chi connectivity index (χ2v) is 4.24. The van der Waals surface area contributed by atoms with Crippen LogP contribution in [0.3, 0.4) is 0 Å². The summed E-state index contributed by atoms with van der Waals surface area (Å²) in [4.78, 5) is 8.21. The number of hydrogen-bond donors (Lipinski definition) is 0. The molecule has 3 rings (SSSR count). The molecule has 7 heteroatoms. The van der Waals surface area contributed by atoms with Crippen LogP contribution in [0.4, 0.5) is 0 Å². The third-order valence-corrected chi connectivity index (χ3v) is 3.06. The number of hydrogen-bond acceptors (Lipinski definition) is 6. The number of nitriles is 1. The van der Waals surface area contributed by atoms with E-state index in [0.717, 1.165) is 5.56 Å². The van der Waals surface area contributed by atoms with E-state index in [-0.39, 0.29) is 5.69 Å². The fraction of sp³-hybridized carbons (Fsp3) is 0. The van der Waals surface area contributed by atoms with Gasteiger partial charge in [0.2, 0.25) is 5.13 Å². The van der Waals surface area contributed by atoms with Gasteiger partial charge in [-0.3, -0.25) is 4.98 Å². The minimum Gasteiger partial charge on any atom is -0.264 e. The topological polar surface area (TPSA) is 80.3 Å². The van der Waals surface area contributed by atoms with Crippen molar-refractivity contribution < 1.29 is 0 Å². The summed E-state index contributed by atoms with van der Waals surface area (Å²) < 4.78 is 1.56. The van der Waals surface area contributed by atoms with Crippen LogP contribution in [-0.4, -0.2) is 25.0 Å². The molecular weight excluding hydrogens is 248 g/mol. The molecule has 0 aliphatic carbocycles. The van der Waals surface area contributed by atoms with Gasteiger partial charge in [-0.15, -0.1) is 16.4 Å². The lowest BCUT2D eigenvalue weighted by Gasteiger charge is -2.02. The van der Waals surface area contributed by atoms with Gasteiger partial charge in [-0.25, -0.2) is 4.98 Å². The van der Waals surface area contributed by atoms with Gasteiger partial charge in [-0.1, -0.05) is 5.21 Å². The highest BCUT2D eigenvalue weighted by Gasteiger charge is 2.17. The van der Waals surface area contributed by atoms with E-state index in [2.05, 4.69) is 20.3 Å². The second-order valence-electron chi connectivity index (χ2n) is 3.37. The molecular formula is C11H6N6S. The first-order chi connectivity index (χ1) is 8.90. The summed E-state index contributed by atoms with van der Waals surface area (Å²) in [7, 11) is 0. The van der Waals surface area contributed by atoms with Crippen molar-refractivity contribution in [2.45, 2.75) is 0 Å². The molecule has 0 fully saturated rings. The van der Waals surface area contributed by atoms with Crippen LogP contribution in [0.15, 0.2) is 36.1 Å². The van der Waals surface area contributed by atoms with Crippen LogP contribution in [-0.2, 0) is 0 Å². The molecule has 0 radical (unpaired) electrons. The lowest BCUT2D eigenvalue weighted by Crippen LogP contribution is -1.99. The van der Waals surface area contributed by atoms with Crippen LogP contribution in [0.25, 0.3) is 16.4 Å². The number of pyridine rings is 1. The Hall–Kier alpha value is -2.59. The molecule has 6 nitrogen and oxygen atoms in total.